The van der Waals surface area contributed by atoms with Gasteiger partial charge in [-0.1, -0.05) is 18.2 Å². The number of halogens is 2. The van der Waals surface area contributed by atoms with Crippen LogP contribution in [0.4, 0.5) is 14.5 Å². The predicted octanol–water partition coefficient (Wildman–Crippen LogP) is 3.49. The molecule has 19 heavy (non-hydrogen) atoms. The number of hydrogen-bond donors (Lipinski definition) is 1. The lowest BCUT2D eigenvalue weighted by molar-refractivity contribution is 0.148. The normalized spacial score (nSPS) is 10.7. The van der Waals surface area contributed by atoms with Crippen molar-refractivity contribution < 1.29 is 13.5 Å². The van der Waals surface area contributed by atoms with E-state index >= 15 is 0 Å². The summed E-state index contributed by atoms with van der Waals surface area (Å²) in [5.41, 5.74) is 7.07. The molecule has 2 rings (SSSR count). The average Bonchev–Trinajstić information content (AvgIpc) is 2.38. The summed E-state index contributed by atoms with van der Waals surface area (Å²) in [6.07, 6.45) is -0.989. The van der Waals surface area contributed by atoms with Crippen LogP contribution in [-0.2, 0) is 6.61 Å². The Labute approximate surface area is 110 Å². The molecule has 0 bridgehead atoms. The minimum absolute atomic E-state index is 0.0236. The molecule has 100 valence electrons. The average molecular weight is 264 g/mol. The van der Waals surface area contributed by atoms with Gasteiger partial charge in [-0.05, 0) is 19.1 Å². The van der Waals surface area contributed by atoms with Crippen LogP contribution in [0, 0.1) is 6.92 Å². The molecule has 1 heterocycles. The number of alkyl halides is 2. The molecule has 5 heteroatoms. The molecule has 0 unspecified atom stereocenters. The highest BCUT2D eigenvalue weighted by molar-refractivity contribution is 5.51. The van der Waals surface area contributed by atoms with E-state index in [-0.39, 0.29) is 12.2 Å². The molecule has 0 spiro atoms. The highest BCUT2D eigenvalue weighted by Crippen LogP contribution is 2.28. The van der Waals surface area contributed by atoms with E-state index in [1.54, 1.807) is 18.3 Å². The van der Waals surface area contributed by atoms with Gasteiger partial charge in [0.15, 0.2) is 0 Å². The van der Waals surface area contributed by atoms with Gasteiger partial charge in [0.2, 0.25) is 5.88 Å². The van der Waals surface area contributed by atoms with Crippen molar-refractivity contribution in [3.05, 3.63) is 53.2 Å². The first kappa shape index (κ1) is 13.3. The van der Waals surface area contributed by atoms with Crippen LogP contribution in [0.15, 0.2) is 36.5 Å². The first-order chi connectivity index (χ1) is 9.09. The van der Waals surface area contributed by atoms with Crippen molar-refractivity contribution in [2.75, 3.05) is 5.73 Å². The Kier molecular flexibility index (Phi) is 3.94. The van der Waals surface area contributed by atoms with E-state index in [1.165, 1.54) is 12.1 Å². The molecule has 0 aliphatic carbocycles. The Morgan fingerprint density at radius 1 is 1.26 bits per heavy atom. The number of rotatable bonds is 4. The van der Waals surface area contributed by atoms with E-state index < -0.39 is 6.43 Å². The Hall–Kier alpha value is -2.17. The molecule has 0 saturated heterocycles. The maximum Gasteiger partial charge on any atom is 0.264 e. The first-order valence-electron chi connectivity index (χ1n) is 5.79. The van der Waals surface area contributed by atoms with Crippen LogP contribution in [0.2, 0.25) is 0 Å². The summed E-state index contributed by atoms with van der Waals surface area (Å²) in [6.45, 7) is 1.81. The fourth-order valence-electron chi connectivity index (χ4n) is 1.76. The number of pyridine rings is 1. The van der Waals surface area contributed by atoms with Gasteiger partial charge >= 0.3 is 0 Å². The van der Waals surface area contributed by atoms with E-state index in [0.29, 0.717) is 17.1 Å². The summed E-state index contributed by atoms with van der Waals surface area (Å²) in [6, 6.07) is 8.06. The lowest BCUT2D eigenvalue weighted by atomic mass is 10.1. The maximum atomic E-state index is 12.9. The quantitative estimate of drug-likeness (QED) is 0.860. The largest absolute Gasteiger partial charge is 0.473 e. The summed E-state index contributed by atoms with van der Waals surface area (Å²) in [5.74, 6) is 0.422. The number of nitrogens with two attached hydrogens (primary N) is 1. The molecular formula is C14H14F2N2O. The van der Waals surface area contributed by atoms with Gasteiger partial charge < -0.3 is 10.5 Å². The highest BCUT2D eigenvalue weighted by atomic mass is 19.3. The Bertz CT molecular complexity index is 573. The third-order valence-electron chi connectivity index (χ3n) is 2.80. The van der Waals surface area contributed by atoms with Crippen molar-refractivity contribution >= 4 is 5.69 Å². The molecular weight excluding hydrogens is 250 g/mol. The van der Waals surface area contributed by atoms with E-state index in [2.05, 4.69) is 4.98 Å². The monoisotopic (exact) mass is 264 g/mol. The third-order valence-corrected chi connectivity index (χ3v) is 2.80. The van der Waals surface area contributed by atoms with Crippen molar-refractivity contribution in [1.29, 1.82) is 0 Å². The number of hydrogen-bond acceptors (Lipinski definition) is 3. The molecule has 3 nitrogen and oxygen atoms in total. The van der Waals surface area contributed by atoms with Gasteiger partial charge in [-0.3, -0.25) is 0 Å². The lowest BCUT2D eigenvalue weighted by Gasteiger charge is -2.13. The number of ether oxygens (including phenoxy) is 1. The van der Waals surface area contributed by atoms with Gasteiger partial charge in [-0.15, -0.1) is 0 Å². The smallest absolute Gasteiger partial charge is 0.264 e. The number of nitrogen functional groups attached to an aromatic ring is 1. The van der Waals surface area contributed by atoms with Crippen molar-refractivity contribution in [2.45, 2.75) is 20.0 Å². The molecule has 1 aromatic heterocycles. The predicted molar refractivity (Wildman–Crippen MR) is 69.1 cm³/mol. The van der Waals surface area contributed by atoms with Gasteiger partial charge in [0.05, 0.1) is 0 Å². The van der Waals surface area contributed by atoms with Gasteiger partial charge in [0, 0.05) is 28.6 Å². The van der Waals surface area contributed by atoms with Crippen LogP contribution in [0.25, 0.3) is 0 Å². The number of benzene rings is 1. The second-order valence-corrected chi connectivity index (χ2v) is 4.13. The van der Waals surface area contributed by atoms with Crippen molar-refractivity contribution in [3.8, 4) is 5.88 Å². The van der Waals surface area contributed by atoms with Crippen molar-refractivity contribution in [3.63, 3.8) is 0 Å². The van der Waals surface area contributed by atoms with Crippen LogP contribution in [0.3, 0.4) is 0 Å². The number of nitrogens with zero attached hydrogens (tertiary/aromatic N) is 1. The van der Waals surface area contributed by atoms with Crippen LogP contribution >= 0.6 is 0 Å². The molecule has 0 fully saturated rings. The molecule has 0 saturated carbocycles. The molecule has 0 aliphatic rings. The fraction of sp³-hybridized carbons (Fsp3) is 0.214. The number of anilines is 1. The topological polar surface area (TPSA) is 48.1 Å². The fourth-order valence-corrected chi connectivity index (χ4v) is 1.76. The standard InChI is InChI=1S/C14H14F2N2O/c1-9-4-3-7-18-14(9)19-8-11-10(13(15)16)5-2-6-12(11)17/h2-7,13H,8,17H2,1H3. The first-order valence-corrected chi connectivity index (χ1v) is 5.79. The van der Waals surface area contributed by atoms with Crippen LogP contribution in [0.1, 0.15) is 23.1 Å². The zero-order valence-corrected chi connectivity index (χ0v) is 10.4. The van der Waals surface area contributed by atoms with Crippen LogP contribution < -0.4 is 10.5 Å². The Balaban J connectivity index is 2.22. The molecule has 0 amide bonds. The SMILES string of the molecule is Cc1cccnc1OCc1c(N)cccc1C(F)F. The molecule has 0 radical (unpaired) electrons. The zero-order chi connectivity index (χ0) is 13.8. The van der Waals surface area contributed by atoms with E-state index in [0.717, 1.165) is 5.56 Å². The summed E-state index contributed by atoms with van der Waals surface area (Å²) in [7, 11) is 0. The molecule has 1 aromatic carbocycles. The van der Waals surface area contributed by atoms with Gasteiger partial charge in [0.25, 0.3) is 6.43 Å². The highest BCUT2D eigenvalue weighted by Gasteiger charge is 2.15. The second-order valence-electron chi connectivity index (χ2n) is 4.13. The summed E-state index contributed by atoms with van der Waals surface area (Å²) in [4.78, 5) is 4.05. The summed E-state index contributed by atoms with van der Waals surface area (Å²) < 4.78 is 31.2. The van der Waals surface area contributed by atoms with Gasteiger partial charge in [-0.25, -0.2) is 13.8 Å². The Morgan fingerprint density at radius 2 is 2.05 bits per heavy atom. The van der Waals surface area contributed by atoms with E-state index in [4.69, 9.17) is 10.5 Å². The van der Waals surface area contributed by atoms with Gasteiger partial charge in [0.1, 0.15) is 6.61 Å². The van der Waals surface area contributed by atoms with E-state index in [9.17, 15) is 8.78 Å². The zero-order valence-electron chi connectivity index (χ0n) is 10.4. The van der Waals surface area contributed by atoms with Crippen molar-refractivity contribution in [1.82, 2.24) is 4.98 Å². The van der Waals surface area contributed by atoms with E-state index in [1.807, 2.05) is 13.0 Å². The molecule has 0 atom stereocenters. The van der Waals surface area contributed by atoms with Crippen LogP contribution in [-0.4, -0.2) is 4.98 Å². The summed E-state index contributed by atoms with van der Waals surface area (Å²) >= 11 is 0. The maximum absolute atomic E-state index is 12.9. The Morgan fingerprint density at radius 3 is 2.74 bits per heavy atom. The molecule has 0 aliphatic heterocycles. The number of aryl methyl sites for hydroxylation is 1. The third kappa shape index (κ3) is 2.99. The lowest BCUT2D eigenvalue weighted by Crippen LogP contribution is -2.06. The van der Waals surface area contributed by atoms with Crippen LogP contribution in [0.5, 0.6) is 5.88 Å². The summed E-state index contributed by atoms with van der Waals surface area (Å²) in [5, 5.41) is 0. The number of aromatic nitrogens is 1. The second kappa shape index (κ2) is 5.65. The minimum atomic E-state index is -2.58. The van der Waals surface area contributed by atoms with Gasteiger partial charge in [-0.2, -0.15) is 0 Å². The van der Waals surface area contributed by atoms with Crippen molar-refractivity contribution in [2.24, 2.45) is 0 Å². The molecule has 2 N–H and O–H groups in total. The minimum Gasteiger partial charge on any atom is -0.473 e. The molecule has 2 aromatic rings.